The predicted molar refractivity (Wildman–Crippen MR) is 63.2 cm³/mol. The lowest BCUT2D eigenvalue weighted by Crippen LogP contribution is -2.23. The molecular weight excluding hydrogens is 188 g/mol. The van der Waals surface area contributed by atoms with Gasteiger partial charge in [0, 0.05) is 19.3 Å². The SMILES string of the molecule is CC(C)CN(C)Cc1cc(NN)ccn1. The highest BCUT2D eigenvalue weighted by atomic mass is 15.2. The van der Waals surface area contributed by atoms with Crippen LogP contribution in [0.4, 0.5) is 5.69 Å². The van der Waals surface area contributed by atoms with E-state index >= 15 is 0 Å². The summed E-state index contributed by atoms with van der Waals surface area (Å²) in [5.41, 5.74) is 4.56. The quantitative estimate of drug-likeness (QED) is 0.568. The lowest BCUT2D eigenvalue weighted by molar-refractivity contribution is 0.285. The van der Waals surface area contributed by atoms with E-state index in [2.05, 4.69) is 36.2 Å². The van der Waals surface area contributed by atoms with Gasteiger partial charge in [0.25, 0.3) is 0 Å². The standard InChI is InChI=1S/C11H20N4/c1-9(2)7-15(3)8-11-6-10(14-12)4-5-13-11/h4-6,9H,7-8,12H2,1-3H3,(H,13,14). The van der Waals surface area contributed by atoms with Gasteiger partial charge in [-0.15, -0.1) is 0 Å². The Morgan fingerprint density at radius 3 is 2.87 bits per heavy atom. The smallest absolute Gasteiger partial charge is 0.0564 e. The van der Waals surface area contributed by atoms with E-state index in [0.717, 1.165) is 24.5 Å². The first-order valence-electron chi connectivity index (χ1n) is 5.22. The summed E-state index contributed by atoms with van der Waals surface area (Å²) >= 11 is 0. The zero-order valence-corrected chi connectivity index (χ0v) is 9.70. The predicted octanol–water partition coefficient (Wildman–Crippen LogP) is 1.45. The van der Waals surface area contributed by atoms with E-state index in [1.807, 2.05) is 12.1 Å². The third-order valence-corrected chi connectivity index (χ3v) is 2.09. The van der Waals surface area contributed by atoms with Crippen molar-refractivity contribution in [2.24, 2.45) is 11.8 Å². The van der Waals surface area contributed by atoms with Gasteiger partial charge in [0.2, 0.25) is 0 Å². The summed E-state index contributed by atoms with van der Waals surface area (Å²) in [6, 6.07) is 3.82. The zero-order valence-electron chi connectivity index (χ0n) is 9.70. The molecule has 0 unspecified atom stereocenters. The van der Waals surface area contributed by atoms with Crippen LogP contribution in [-0.2, 0) is 6.54 Å². The fourth-order valence-corrected chi connectivity index (χ4v) is 1.62. The van der Waals surface area contributed by atoms with Crippen molar-refractivity contribution >= 4 is 5.69 Å². The molecule has 1 heterocycles. The second-order valence-corrected chi connectivity index (χ2v) is 4.27. The molecule has 0 aliphatic rings. The van der Waals surface area contributed by atoms with Crippen LogP contribution in [0.15, 0.2) is 18.3 Å². The average Bonchev–Trinajstić information content (AvgIpc) is 2.16. The molecule has 0 aromatic carbocycles. The Kier molecular flexibility index (Phi) is 4.52. The van der Waals surface area contributed by atoms with Crippen LogP contribution in [0.5, 0.6) is 0 Å². The maximum absolute atomic E-state index is 5.34. The number of hydrazine groups is 1. The minimum absolute atomic E-state index is 0.672. The average molecular weight is 208 g/mol. The van der Waals surface area contributed by atoms with Crippen LogP contribution in [-0.4, -0.2) is 23.5 Å². The molecule has 1 rings (SSSR count). The van der Waals surface area contributed by atoms with Gasteiger partial charge in [-0.1, -0.05) is 13.8 Å². The van der Waals surface area contributed by atoms with Crippen LogP contribution in [0.25, 0.3) is 0 Å². The van der Waals surface area contributed by atoms with Crippen molar-refractivity contribution in [3.8, 4) is 0 Å². The van der Waals surface area contributed by atoms with Crippen molar-refractivity contribution in [3.05, 3.63) is 24.0 Å². The molecule has 0 saturated heterocycles. The molecule has 84 valence electrons. The summed E-state index contributed by atoms with van der Waals surface area (Å²) in [4.78, 5) is 6.55. The molecule has 0 fully saturated rings. The molecule has 15 heavy (non-hydrogen) atoms. The Morgan fingerprint density at radius 1 is 1.53 bits per heavy atom. The first-order valence-corrected chi connectivity index (χ1v) is 5.22. The molecule has 0 aliphatic heterocycles. The lowest BCUT2D eigenvalue weighted by atomic mass is 10.2. The molecule has 0 spiro atoms. The summed E-state index contributed by atoms with van der Waals surface area (Å²) in [6.07, 6.45) is 1.77. The second kappa shape index (κ2) is 5.68. The molecule has 0 aliphatic carbocycles. The summed E-state index contributed by atoms with van der Waals surface area (Å²) in [6.45, 7) is 6.35. The third-order valence-electron chi connectivity index (χ3n) is 2.09. The molecule has 0 amide bonds. The largest absolute Gasteiger partial charge is 0.324 e. The monoisotopic (exact) mass is 208 g/mol. The van der Waals surface area contributed by atoms with Crippen LogP contribution < -0.4 is 11.3 Å². The van der Waals surface area contributed by atoms with Crippen molar-refractivity contribution in [2.45, 2.75) is 20.4 Å². The summed E-state index contributed by atoms with van der Waals surface area (Å²) in [5, 5.41) is 0. The number of nitrogens with two attached hydrogens (primary N) is 1. The van der Waals surface area contributed by atoms with Crippen molar-refractivity contribution < 1.29 is 0 Å². The van der Waals surface area contributed by atoms with E-state index in [1.54, 1.807) is 6.20 Å². The molecule has 1 aromatic rings. The summed E-state index contributed by atoms with van der Waals surface area (Å²) in [5.74, 6) is 6.01. The lowest BCUT2D eigenvalue weighted by Gasteiger charge is -2.18. The number of aromatic nitrogens is 1. The highest BCUT2D eigenvalue weighted by Crippen LogP contribution is 2.08. The molecule has 4 heteroatoms. The number of nitrogens with zero attached hydrogens (tertiary/aromatic N) is 2. The molecule has 0 radical (unpaired) electrons. The summed E-state index contributed by atoms with van der Waals surface area (Å²) < 4.78 is 0. The van der Waals surface area contributed by atoms with Crippen LogP contribution in [0.2, 0.25) is 0 Å². The Balaban J connectivity index is 2.55. The number of nitrogen functional groups attached to an aromatic ring is 1. The number of hydrogen-bond donors (Lipinski definition) is 2. The van der Waals surface area contributed by atoms with Gasteiger partial charge in [-0.3, -0.25) is 10.8 Å². The van der Waals surface area contributed by atoms with Gasteiger partial charge in [-0.2, -0.15) is 0 Å². The maximum Gasteiger partial charge on any atom is 0.0564 e. The molecule has 3 N–H and O–H groups in total. The van der Waals surface area contributed by atoms with E-state index in [1.165, 1.54) is 0 Å². The summed E-state index contributed by atoms with van der Waals surface area (Å²) in [7, 11) is 2.10. The Bertz CT molecular complexity index is 298. The van der Waals surface area contributed by atoms with Gasteiger partial charge < -0.3 is 10.3 Å². The van der Waals surface area contributed by atoms with Gasteiger partial charge in [0.1, 0.15) is 0 Å². The Hall–Kier alpha value is -1.13. The molecule has 0 saturated carbocycles. The number of hydrogen-bond acceptors (Lipinski definition) is 4. The van der Waals surface area contributed by atoms with Gasteiger partial charge in [-0.25, -0.2) is 0 Å². The zero-order chi connectivity index (χ0) is 11.3. The van der Waals surface area contributed by atoms with Crippen molar-refractivity contribution in [3.63, 3.8) is 0 Å². The van der Waals surface area contributed by atoms with Crippen LogP contribution >= 0.6 is 0 Å². The first-order chi connectivity index (χ1) is 7.11. The van der Waals surface area contributed by atoms with Gasteiger partial charge in [-0.05, 0) is 25.1 Å². The van der Waals surface area contributed by atoms with E-state index in [0.29, 0.717) is 5.92 Å². The van der Waals surface area contributed by atoms with E-state index in [4.69, 9.17) is 5.84 Å². The van der Waals surface area contributed by atoms with Crippen LogP contribution in [0, 0.1) is 5.92 Å². The highest BCUT2D eigenvalue weighted by Gasteiger charge is 2.04. The van der Waals surface area contributed by atoms with E-state index < -0.39 is 0 Å². The van der Waals surface area contributed by atoms with Crippen molar-refractivity contribution in [2.75, 3.05) is 19.0 Å². The van der Waals surface area contributed by atoms with Crippen LogP contribution in [0.1, 0.15) is 19.5 Å². The normalized spacial score (nSPS) is 11.1. The molecular formula is C11H20N4. The van der Waals surface area contributed by atoms with E-state index in [-0.39, 0.29) is 0 Å². The fourth-order valence-electron chi connectivity index (χ4n) is 1.62. The van der Waals surface area contributed by atoms with Crippen molar-refractivity contribution in [1.29, 1.82) is 0 Å². The minimum Gasteiger partial charge on any atom is -0.324 e. The number of rotatable bonds is 5. The molecule has 4 nitrogen and oxygen atoms in total. The highest BCUT2D eigenvalue weighted by molar-refractivity contribution is 5.41. The third kappa shape index (κ3) is 4.27. The molecule has 0 bridgehead atoms. The van der Waals surface area contributed by atoms with Gasteiger partial charge in [0.15, 0.2) is 0 Å². The number of nitrogens with one attached hydrogen (secondary N) is 1. The number of pyridine rings is 1. The maximum atomic E-state index is 5.34. The minimum atomic E-state index is 0.672. The first kappa shape index (κ1) is 11.9. The Labute approximate surface area is 91.5 Å². The topological polar surface area (TPSA) is 54.2 Å². The molecule has 0 atom stereocenters. The van der Waals surface area contributed by atoms with Gasteiger partial charge in [0.05, 0.1) is 11.4 Å². The van der Waals surface area contributed by atoms with Gasteiger partial charge >= 0.3 is 0 Å². The van der Waals surface area contributed by atoms with E-state index in [9.17, 15) is 0 Å². The number of anilines is 1. The van der Waals surface area contributed by atoms with Crippen molar-refractivity contribution in [1.82, 2.24) is 9.88 Å². The second-order valence-electron chi connectivity index (χ2n) is 4.27. The Morgan fingerprint density at radius 2 is 2.27 bits per heavy atom. The fraction of sp³-hybridized carbons (Fsp3) is 0.545. The molecule has 1 aromatic heterocycles. The van der Waals surface area contributed by atoms with Crippen LogP contribution in [0.3, 0.4) is 0 Å².